The number of carbonyl (C=O) groups excluding carboxylic acids is 2. The molecule has 4 aromatic rings. The predicted molar refractivity (Wildman–Crippen MR) is 133 cm³/mol. The van der Waals surface area contributed by atoms with E-state index in [0.29, 0.717) is 17.1 Å². The molecule has 6 nitrogen and oxygen atoms in total. The summed E-state index contributed by atoms with van der Waals surface area (Å²) in [6, 6.07) is 16.1. The van der Waals surface area contributed by atoms with Gasteiger partial charge in [0.05, 0.1) is 11.1 Å². The average molecular weight is 454 g/mol. The second-order valence-corrected chi connectivity index (χ2v) is 9.71. The number of hydrogen-bond acceptors (Lipinski definition) is 4. The summed E-state index contributed by atoms with van der Waals surface area (Å²) >= 11 is 0. The standard InChI is InChI=1S/C28H27N3O3/c1-29(2)15-17-12-13-31-22-11-7-5-9-19(22)24(23(31)14-17)26-25(27(32)34-28(26)33)20-16-30(3)21-10-6-4-8-18(20)21/h4-11,16-17H,12-15H2,1-3H3. The van der Waals surface area contributed by atoms with Crippen LogP contribution in [-0.4, -0.2) is 46.6 Å². The first-order valence-corrected chi connectivity index (χ1v) is 11.7. The molecule has 0 aliphatic carbocycles. The second kappa shape index (κ2) is 7.71. The molecule has 0 fully saturated rings. The van der Waals surface area contributed by atoms with Crippen LogP contribution in [0.5, 0.6) is 0 Å². The third-order valence-corrected chi connectivity index (χ3v) is 7.20. The summed E-state index contributed by atoms with van der Waals surface area (Å²) < 4.78 is 9.60. The molecule has 0 amide bonds. The smallest absolute Gasteiger partial charge is 0.347 e. The van der Waals surface area contributed by atoms with Gasteiger partial charge in [0.2, 0.25) is 0 Å². The number of rotatable bonds is 4. The number of para-hydroxylation sites is 2. The lowest BCUT2D eigenvalue weighted by molar-refractivity contribution is -0.149. The van der Waals surface area contributed by atoms with Crippen molar-refractivity contribution in [1.82, 2.24) is 14.0 Å². The Hall–Kier alpha value is -3.64. The molecule has 6 rings (SSSR count). The average Bonchev–Trinajstić information content (AvgIpc) is 3.41. The van der Waals surface area contributed by atoms with Gasteiger partial charge in [0.25, 0.3) is 0 Å². The fraction of sp³-hybridized carbons (Fsp3) is 0.286. The molecule has 1 unspecified atom stereocenters. The number of nitrogens with zero attached hydrogens (tertiary/aromatic N) is 3. The van der Waals surface area contributed by atoms with E-state index in [-0.39, 0.29) is 0 Å². The van der Waals surface area contributed by atoms with Crippen LogP contribution >= 0.6 is 0 Å². The van der Waals surface area contributed by atoms with Gasteiger partial charge >= 0.3 is 11.9 Å². The maximum Gasteiger partial charge on any atom is 0.347 e. The number of aromatic nitrogens is 2. The highest BCUT2D eigenvalue weighted by molar-refractivity contribution is 6.47. The summed E-state index contributed by atoms with van der Waals surface area (Å²) in [6.07, 6.45) is 3.87. The highest BCUT2D eigenvalue weighted by Gasteiger charge is 2.40. The third-order valence-electron chi connectivity index (χ3n) is 7.20. The zero-order chi connectivity index (χ0) is 23.6. The summed E-state index contributed by atoms with van der Waals surface area (Å²) in [4.78, 5) is 28.6. The number of benzene rings is 2. The van der Waals surface area contributed by atoms with E-state index in [1.807, 2.05) is 54.2 Å². The Balaban J connectivity index is 1.65. The van der Waals surface area contributed by atoms with Gasteiger partial charge in [-0.05, 0) is 45.0 Å². The van der Waals surface area contributed by atoms with Crippen LogP contribution in [0.25, 0.3) is 33.0 Å². The highest BCUT2D eigenvalue weighted by Crippen LogP contribution is 2.44. The van der Waals surface area contributed by atoms with E-state index in [1.54, 1.807) is 0 Å². The predicted octanol–water partition coefficient (Wildman–Crippen LogP) is 4.25. The van der Waals surface area contributed by atoms with Crippen molar-refractivity contribution in [3.63, 3.8) is 0 Å². The molecule has 1 atom stereocenters. The van der Waals surface area contributed by atoms with E-state index in [4.69, 9.17) is 4.74 Å². The van der Waals surface area contributed by atoms with Crippen LogP contribution in [0, 0.1) is 5.92 Å². The van der Waals surface area contributed by atoms with Gasteiger partial charge in [-0.25, -0.2) is 9.59 Å². The third kappa shape index (κ3) is 3.06. The maximum absolute atomic E-state index is 13.3. The Labute approximate surface area is 198 Å². The van der Waals surface area contributed by atoms with E-state index >= 15 is 0 Å². The van der Waals surface area contributed by atoms with Gasteiger partial charge < -0.3 is 18.8 Å². The summed E-state index contributed by atoms with van der Waals surface area (Å²) in [6.45, 7) is 1.88. The molecule has 4 heterocycles. The lowest BCUT2D eigenvalue weighted by Gasteiger charge is -2.28. The van der Waals surface area contributed by atoms with Crippen molar-refractivity contribution in [3.05, 3.63) is 71.5 Å². The van der Waals surface area contributed by atoms with Crippen LogP contribution in [0.1, 0.15) is 23.2 Å². The number of ether oxygens (including phenoxy) is 1. The fourth-order valence-corrected chi connectivity index (χ4v) is 5.87. The number of esters is 2. The molecule has 172 valence electrons. The van der Waals surface area contributed by atoms with Crippen molar-refractivity contribution in [2.45, 2.75) is 19.4 Å². The number of fused-ring (bicyclic) bond motifs is 4. The zero-order valence-electron chi connectivity index (χ0n) is 19.7. The van der Waals surface area contributed by atoms with Crippen molar-refractivity contribution in [3.8, 4) is 0 Å². The molecule has 2 aromatic carbocycles. The molecule has 34 heavy (non-hydrogen) atoms. The number of aryl methyl sites for hydroxylation is 2. The number of carbonyl (C=O) groups is 2. The van der Waals surface area contributed by atoms with Crippen LogP contribution < -0.4 is 0 Å². The van der Waals surface area contributed by atoms with Crippen LogP contribution in [0.4, 0.5) is 0 Å². The van der Waals surface area contributed by atoms with Crippen molar-refractivity contribution < 1.29 is 14.3 Å². The van der Waals surface area contributed by atoms with Crippen molar-refractivity contribution >= 4 is 44.9 Å². The second-order valence-electron chi connectivity index (χ2n) is 9.71. The molecule has 0 saturated carbocycles. The molecule has 0 N–H and O–H groups in total. The largest absolute Gasteiger partial charge is 0.386 e. The van der Waals surface area contributed by atoms with Gasteiger partial charge in [0.15, 0.2) is 0 Å². The number of hydrogen-bond donors (Lipinski definition) is 0. The Bertz CT molecular complexity index is 1520. The molecule has 0 bridgehead atoms. The molecule has 0 saturated heterocycles. The minimum atomic E-state index is -0.568. The van der Waals surface area contributed by atoms with Gasteiger partial charge in [0.1, 0.15) is 0 Å². The molecule has 2 aliphatic heterocycles. The number of cyclic esters (lactones) is 2. The van der Waals surface area contributed by atoms with Crippen LogP contribution in [-0.2, 0) is 34.3 Å². The molecule has 6 heteroatoms. The van der Waals surface area contributed by atoms with E-state index in [1.165, 1.54) is 0 Å². The molecule has 2 aromatic heterocycles. The van der Waals surface area contributed by atoms with E-state index in [2.05, 4.69) is 35.7 Å². The maximum atomic E-state index is 13.3. The lowest BCUT2D eigenvalue weighted by atomic mass is 9.89. The SMILES string of the molecule is CN(C)CC1CCn2c(c(C3=C(c4cn(C)c5ccccc45)C(=O)OC3=O)c3ccccc32)C1. The molecule has 0 radical (unpaired) electrons. The molecular weight excluding hydrogens is 426 g/mol. The summed E-state index contributed by atoms with van der Waals surface area (Å²) in [5.41, 5.74) is 5.61. The van der Waals surface area contributed by atoms with Gasteiger partial charge in [-0.3, -0.25) is 0 Å². The zero-order valence-corrected chi connectivity index (χ0v) is 19.7. The van der Waals surface area contributed by atoms with Crippen LogP contribution in [0.15, 0.2) is 54.7 Å². The topological polar surface area (TPSA) is 56.5 Å². The first kappa shape index (κ1) is 20.9. The monoisotopic (exact) mass is 453 g/mol. The molecule has 0 spiro atoms. The quantitative estimate of drug-likeness (QED) is 0.342. The minimum absolute atomic E-state index is 0.371. The normalized spacial score (nSPS) is 18.4. The Morgan fingerprint density at radius 2 is 1.62 bits per heavy atom. The molecule has 2 aliphatic rings. The van der Waals surface area contributed by atoms with Crippen LogP contribution in [0.2, 0.25) is 0 Å². The Morgan fingerprint density at radius 3 is 2.38 bits per heavy atom. The van der Waals surface area contributed by atoms with E-state index in [9.17, 15) is 9.59 Å². The van der Waals surface area contributed by atoms with E-state index < -0.39 is 11.9 Å². The lowest BCUT2D eigenvalue weighted by Crippen LogP contribution is -2.29. The van der Waals surface area contributed by atoms with Gasteiger partial charge in [-0.1, -0.05) is 36.4 Å². The van der Waals surface area contributed by atoms with Crippen molar-refractivity contribution in [1.29, 1.82) is 0 Å². The summed E-state index contributed by atoms with van der Waals surface area (Å²) in [7, 11) is 6.15. The van der Waals surface area contributed by atoms with Gasteiger partial charge in [-0.15, -0.1) is 0 Å². The fourth-order valence-electron chi connectivity index (χ4n) is 5.87. The van der Waals surface area contributed by atoms with Crippen molar-refractivity contribution in [2.24, 2.45) is 13.0 Å². The first-order chi connectivity index (χ1) is 16.4. The van der Waals surface area contributed by atoms with Crippen LogP contribution in [0.3, 0.4) is 0 Å². The Kier molecular flexibility index (Phi) is 4.74. The minimum Gasteiger partial charge on any atom is -0.386 e. The highest BCUT2D eigenvalue weighted by atomic mass is 16.6. The van der Waals surface area contributed by atoms with E-state index in [0.717, 1.165) is 64.6 Å². The molecular formula is C28H27N3O3. The Morgan fingerprint density at radius 1 is 0.941 bits per heavy atom. The van der Waals surface area contributed by atoms with Crippen molar-refractivity contribution in [2.75, 3.05) is 20.6 Å². The van der Waals surface area contributed by atoms with Gasteiger partial charge in [0, 0.05) is 65.0 Å². The summed E-state index contributed by atoms with van der Waals surface area (Å²) in [5, 5.41) is 1.94. The summed E-state index contributed by atoms with van der Waals surface area (Å²) in [5.74, 6) is -0.636. The first-order valence-electron chi connectivity index (χ1n) is 11.7. The van der Waals surface area contributed by atoms with Gasteiger partial charge in [-0.2, -0.15) is 0 Å².